The first-order chi connectivity index (χ1) is 16.4. The lowest BCUT2D eigenvalue weighted by atomic mass is 9.93. The van der Waals surface area contributed by atoms with Crippen LogP contribution in [0.2, 0.25) is 0 Å². The standard InChI is InChI=1S/C25H23FN6O2/c1-14-8-9-19(26)20(10-14)31-25(34)30-16-5-2-4-15(11-16)22(33)18-12-32(17-6-3-7-17)24-21(18)23(27)28-13-29-24/h2,4-5,8-13,17H,3,6-7H2,1H3,(H2,27,28,29)(H2,30,31,34). The fraction of sp³-hybridized carbons (Fsp3) is 0.200. The highest BCUT2D eigenvalue weighted by Gasteiger charge is 2.26. The lowest BCUT2D eigenvalue weighted by molar-refractivity contribution is 0.104. The van der Waals surface area contributed by atoms with E-state index in [1.165, 1.54) is 12.4 Å². The second kappa shape index (κ2) is 8.58. The van der Waals surface area contributed by atoms with Gasteiger partial charge in [-0.2, -0.15) is 0 Å². The third kappa shape index (κ3) is 3.96. The van der Waals surface area contributed by atoms with E-state index >= 15 is 0 Å². The van der Waals surface area contributed by atoms with Gasteiger partial charge in [0.2, 0.25) is 0 Å². The summed E-state index contributed by atoms with van der Waals surface area (Å²) in [5, 5.41) is 5.68. The number of hydrogen-bond donors (Lipinski definition) is 3. The Morgan fingerprint density at radius 2 is 1.94 bits per heavy atom. The zero-order valence-corrected chi connectivity index (χ0v) is 18.5. The Hall–Kier alpha value is -4.27. The predicted molar refractivity (Wildman–Crippen MR) is 128 cm³/mol. The van der Waals surface area contributed by atoms with Crippen molar-refractivity contribution < 1.29 is 14.0 Å². The van der Waals surface area contributed by atoms with E-state index in [1.54, 1.807) is 49.5 Å². The van der Waals surface area contributed by atoms with Gasteiger partial charge in [-0.25, -0.2) is 19.2 Å². The quantitative estimate of drug-likeness (QED) is 0.362. The van der Waals surface area contributed by atoms with Gasteiger partial charge in [0.1, 0.15) is 23.6 Å². The number of amides is 2. The Kier molecular flexibility index (Phi) is 5.45. The number of halogens is 1. The van der Waals surface area contributed by atoms with E-state index in [9.17, 15) is 14.0 Å². The maximum atomic E-state index is 14.0. The molecule has 0 unspecified atom stereocenters. The zero-order chi connectivity index (χ0) is 23.8. The largest absolute Gasteiger partial charge is 0.383 e. The van der Waals surface area contributed by atoms with Crippen molar-refractivity contribution in [1.29, 1.82) is 0 Å². The topological polar surface area (TPSA) is 115 Å². The molecule has 0 spiro atoms. The molecule has 2 amide bonds. The van der Waals surface area contributed by atoms with Gasteiger partial charge in [-0.1, -0.05) is 18.2 Å². The number of nitrogens with zero attached hydrogens (tertiary/aromatic N) is 3. The fourth-order valence-electron chi connectivity index (χ4n) is 4.14. The molecule has 4 aromatic rings. The molecule has 1 aliphatic rings. The maximum absolute atomic E-state index is 14.0. The molecule has 1 aliphatic carbocycles. The summed E-state index contributed by atoms with van der Waals surface area (Å²) in [6.07, 6.45) is 6.39. The first-order valence-corrected chi connectivity index (χ1v) is 11.0. The molecule has 0 aliphatic heterocycles. The summed E-state index contributed by atoms with van der Waals surface area (Å²) in [5.74, 6) is -0.536. The number of carbonyl (C=O) groups excluding carboxylic acids is 2. The number of benzene rings is 2. The van der Waals surface area contributed by atoms with Gasteiger partial charge in [-0.15, -0.1) is 0 Å². The second-order valence-electron chi connectivity index (χ2n) is 8.46. The number of hydrogen-bond acceptors (Lipinski definition) is 5. The van der Waals surface area contributed by atoms with Crippen molar-refractivity contribution in [3.05, 3.63) is 77.5 Å². The molecule has 2 heterocycles. The first-order valence-electron chi connectivity index (χ1n) is 11.0. The number of nitrogens with two attached hydrogens (primary N) is 1. The van der Waals surface area contributed by atoms with Crippen LogP contribution in [0.5, 0.6) is 0 Å². The van der Waals surface area contributed by atoms with E-state index in [2.05, 4.69) is 20.6 Å². The van der Waals surface area contributed by atoms with E-state index in [1.807, 2.05) is 4.57 Å². The molecule has 4 N–H and O–H groups in total. The summed E-state index contributed by atoms with van der Waals surface area (Å²) in [7, 11) is 0. The van der Waals surface area contributed by atoms with Gasteiger partial charge in [0, 0.05) is 23.5 Å². The molecule has 0 atom stereocenters. The average molecular weight is 458 g/mol. The number of ketones is 1. The highest BCUT2D eigenvalue weighted by Crippen LogP contribution is 2.37. The lowest BCUT2D eigenvalue weighted by Crippen LogP contribution is -2.20. The molecule has 1 fully saturated rings. The molecule has 0 bridgehead atoms. The van der Waals surface area contributed by atoms with Crippen molar-refractivity contribution in [1.82, 2.24) is 14.5 Å². The van der Waals surface area contributed by atoms with Crippen LogP contribution >= 0.6 is 0 Å². The minimum atomic E-state index is -0.617. The molecule has 0 radical (unpaired) electrons. The number of fused-ring (bicyclic) bond motifs is 1. The number of nitrogens with one attached hydrogen (secondary N) is 2. The summed E-state index contributed by atoms with van der Waals surface area (Å²) >= 11 is 0. The van der Waals surface area contributed by atoms with Gasteiger partial charge in [-0.05, 0) is 56.0 Å². The minimum Gasteiger partial charge on any atom is -0.383 e. The third-order valence-electron chi connectivity index (χ3n) is 6.10. The van der Waals surface area contributed by atoms with Crippen LogP contribution in [0, 0.1) is 12.7 Å². The van der Waals surface area contributed by atoms with Crippen LogP contribution in [0.3, 0.4) is 0 Å². The predicted octanol–water partition coefficient (Wildman–Crippen LogP) is 5.06. The fourth-order valence-corrected chi connectivity index (χ4v) is 4.14. The molecule has 172 valence electrons. The summed E-state index contributed by atoms with van der Waals surface area (Å²) < 4.78 is 16.0. The maximum Gasteiger partial charge on any atom is 0.323 e. The number of carbonyl (C=O) groups is 2. The number of rotatable bonds is 5. The van der Waals surface area contributed by atoms with E-state index in [-0.39, 0.29) is 23.3 Å². The number of aromatic nitrogens is 3. The van der Waals surface area contributed by atoms with Crippen molar-refractivity contribution in [3.8, 4) is 0 Å². The Labute approximate surface area is 195 Å². The third-order valence-corrected chi connectivity index (χ3v) is 6.10. The molecule has 34 heavy (non-hydrogen) atoms. The molecule has 0 saturated heterocycles. The van der Waals surface area contributed by atoms with Crippen molar-refractivity contribution in [2.45, 2.75) is 32.2 Å². The molecule has 2 aromatic heterocycles. The Balaban J connectivity index is 1.41. The van der Waals surface area contributed by atoms with Crippen LogP contribution in [-0.4, -0.2) is 26.3 Å². The summed E-state index contributed by atoms with van der Waals surface area (Å²) in [6.45, 7) is 1.80. The first kappa shape index (κ1) is 21.6. The van der Waals surface area contributed by atoms with Crippen LogP contribution in [-0.2, 0) is 0 Å². The summed E-state index contributed by atoms with van der Waals surface area (Å²) in [5.41, 5.74) is 8.84. The number of urea groups is 1. The molecule has 5 rings (SSSR count). The number of nitrogen functional groups attached to an aromatic ring is 1. The molecule has 8 nitrogen and oxygen atoms in total. The molecule has 1 saturated carbocycles. The van der Waals surface area contributed by atoms with E-state index < -0.39 is 11.8 Å². The van der Waals surface area contributed by atoms with Gasteiger partial charge >= 0.3 is 6.03 Å². The Morgan fingerprint density at radius 1 is 1.12 bits per heavy atom. The van der Waals surface area contributed by atoms with E-state index in [0.29, 0.717) is 27.8 Å². The average Bonchev–Trinajstić information content (AvgIpc) is 3.15. The number of anilines is 3. The summed E-state index contributed by atoms with van der Waals surface area (Å²) in [6, 6.07) is 10.7. The SMILES string of the molecule is Cc1ccc(F)c(NC(=O)Nc2cccc(C(=O)c3cn(C4CCC4)c4ncnc(N)c34)c2)c1. The van der Waals surface area contributed by atoms with Crippen LogP contribution in [0.15, 0.2) is 55.0 Å². The van der Waals surface area contributed by atoms with Crippen LogP contribution in [0.25, 0.3) is 11.0 Å². The Morgan fingerprint density at radius 3 is 2.71 bits per heavy atom. The zero-order valence-electron chi connectivity index (χ0n) is 18.5. The van der Waals surface area contributed by atoms with Gasteiger partial charge in [0.25, 0.3) is 0 Å². The number of aryl methyl sites for hydroxylation is 1. The van der Waals surface area contributed by atoms with Crippen LogP contribution in [0.1, 0.15) is 46.8 Å². The molecular weight excluding hydrogens is 435 g/mol. The molecular formula is C25H23FN6O2. The molecule has 2 aromatic carbocycles. The Bertz CT molecular complexity index is 1430. The van der Waals surface area contributed by atoms with Crippen molar-refractivity contribution >= 4 is 40.0 Å². The van der Waals surface area contributed by atoms with Crippen LogP contribution in [0.4, 0.5) is 26.4 Å². The normalized spacial score (nSPS) is 13.5. The summed E-state index contributed by atoms with van der Waals surface area (Å²) in [4.78, 5) is 34.3. The minimum absolute atomic E-state index is 0.0732. The highest BCUT2D eigenvalue weighted by atomic mass is 19.1. The lowest BCUT2D eigenvalue weighted by Gasteiger charge is -2.27. The van der Waals surface area contributed by atoms with Gasteiger partial charge in [0.15, 0.2) is 5.78 Å². The van der Waals surface area contributed by atoms with Crippen molar-refractivity contribution in [2.75, 3.05) is 16.4 Å². The van der Waals surface area contributed by atoms with E-state index in [0.717, 1.165) is 24.8 Å². The monoisotopic (exact) mass is 458 g/mol. The van der Waals surface area contributed by atoms with Crippen molar-refractivity contribution in [3.63, 3.8) is 0 Å². The van der Waals surface area contributed by atoms with Crippen LogP contribution < -0.4 is 16.4 Å². The van der Waals surface area contributed by atoms with Gasteiger partial charge < -0.3 is 20.9 Å². The van der Waals surface area contributed by atoms with Crippen molar-refractivity contribution in [2.24, 2.45) is 0 Å². The highest BCUT2D eigenvalue weighted by molar-refractivity contribution is 6.18. The molecule has 9 heteroatoms. The van der Waals surface area contributed by atoms with Gasteiger partial charge in [-0.3, -0.25) is 4.79 Å². The second-order valence-corrected chi connectivity index (χ2v) is 8.46. The smallest absolute Gasteiger partial charge is 0.323 e. The van der Waals surface area contributed by atoms with Gasteiger partial charge in [0.05, 0.1) is 16.6 Å². The van der Waals surface area contributed by atoms with E-state index in [4.69, 9.17) is 5.73 Å².